The first-order chi connectivity index (χ1) is 9.22. The minimum absolute atomic E-state index is 0.0933. The molecule has 0 radical (unpaired) electrons. The first-order valence-electron chi connectivity index (χ1n) is 5.87. The topological polar surface area (TPSA) is 73.2 Å². The van der Waals surface area contributed by atoms with Crippen molar-refractivity contribution in [2.45, 2.75) is 4.90 Å². The summed E-state index contributed by atoms with van der Waals surface area (Å²) < 4.78 is 0. The molecule has 1 heterocycles. The molecule has 0 spiro atoms. The van der Waals surface area contributed by atoms with E-state index in [9.17, 15) is 9.59 Å². The number of hydrogen-bond acceptors (Lipinski definition) is 4. The van der Waals surface area contributed by atoms with Gasteiger partial charge in [-0.2, -0.15) is 5.26 Å². The van der Waals surface area contributed by atoms with Crippen molar-refractivity contribution in [3.8, 4) is 6.07 Å². The highest BCUT2D eigenvalue weighted by Gasteiger charge is 2.23. The predicted molar refractivity (Wildman–Crippen MR) is 71.7 cm³/mol. The lowest BCUT2D eigenvalue weighted by molar-refractivity contribution is -0.123. The van der Waals surface area contributed by atoms with Crippen LogP contribution in [0, 0.1) is 11.3 Å². The van der Waals surface area contributed by atoms with E-state index in [0.717, 1.165) is 4.90 Å². The highest BCUT2D eigenvalue weighted by molar-refractivity contribution is 7.99. The number of rotatable bonds is 3. The lowest BCUT2D eigenvalue weighted by Crippen LogP contribution is -2.50. The van der Waals surface area contributed by atoms with Crippen LogP contribution in [0.4, 0.5) is 0 Å². The van der Waals surface area contributed by atoms with Gasteiger partial charge in [0.1, 0.15) is 0 Å². The van der Waals surface area contributed by atoms with Crippen molar-refractivity contribution < 1.29 is 9.59 Å². The molecule has 1 aromatic rings. The Morgan fingerprint density at radius 1 is 1.47 bits per heavy atom. The molecule has 1 saturated heterocycles. The number of benzene rings is 1. The summed E-state index contributed by atoms with van der Waals surface area (Å²) in [5.41, 5.74) is 0.553. The number of hydrogen-bond donors (Lipinski definition) is 1. The zero-order chi connectivity index (χ0) is 13.7. The fourth-order valence-corrected chi connectivity index (χ4v) is 2.57. The number of nitrogens with zero attached hydrogens (tertiary/aromatic N) is 2. The number of amides is 2. The van der Waals surface area contributed by atoms with Crippen LogP contribution in [0.1, 0.15) is 10.4 Å². The van der Waals surface area contributed by atoms with Gasteiger partial charge in [-0.25, -0.2) is 0 Å². The minimum atomic E-state index is -0.157. The molecule has 6 heteroatoms. The molecule has 0 unspecified atom stereocenters. The van der Waals surface area contributed by atoms with Crippen LogP contribution in [0.5, 0.6) is 0 Å². The smallest absolute Gasteiger partial charge is 0.255 e. The van der Waals surface area contributed by atoms with Crippen LogP contribution in [-0.4, -0.2) is 42.1 Å². The van der Waals surface area contributed by atoms with Crippen LogP contribution < -0.4 is 5.32 Å². The number of carbonyl (C=O) groups excluding carboxylic acids is 2. The molecule has 1 aliphatic rings. The average Bonchev–Trinajstić information content (AvgIpc) is 2.44. The Hall–Kier alpha value is -2.00. The Kier molecular flexibility index (Phi) is 4.42. The second kappa shape index (κ2) is 6.25. The fraction of sp³-hybridized carbons (Fsp3) is 0.308. The van der Waals surface area contributed by atoms with Gasteiger partial charge in [0.25, 0.3) is 5.91 Å². The molecule has 5 nitrogen and oxygen atoms in total. The van der Waals surface area contributed by atoms with Gasteiger partial charge >= 0.3 is 0 Å². The maximum Gasteiger partial charge on any atom is 0.255 e. The maximum absolute atomic E-state index is 12.4. The molecule has 0 saturated carbocycles. The quantitative estimate of drug-likeness (QED) is 0.831. The second-order valence-corrected chi connectivity index (χ2v) is 5.04. The van der Waals surface area contributed by atoms with Gasteiger partial charge in [-0.3, -0.25) is 9.59 Å². The second-order valence-electron chi connectivity index (χ2n) is 4.02. The third-order valence-electron chi connectivity index (χ3n) is 2.74. The Balaban J connectivity index is 2.18. The lowest BCUT2D eigenvalue weighted by atomic mass is 10.2. The molecule has 19 heavy (non-hydrogen) atoms. The zero-order valence-corrected chi connectivity index (χ0v) is 11.1. The van der Waals surface area contributed by atoms with Crippen molar-refractivity contribution in [3.05, 3.63) is 29.8 Å². The molecule has 1 aliphatic heterocycles. The molecule has 2 rings (SSSR count). The molecule has 98 valence electrons. The molecular weight excluding hydrogens is 262 g/mol. The van der Waals surface area contributed by atoms with E-state index < -0.39 is 0 Å². The maximum atomic E-state index is 12.4. The molecular formula is C13H13N3O2S. The van der Waals surface area contributed by atoms with Crippen molar-refractivity contribution >= 4 is 23.6 Å². The van der Waals surface area contributed by atoms with Crippen molar-refractivity contribution in [2.24, 2.45) is 0 Å². The third kappa shape index (κ3) is 3.26. The van der Waals surface area contributed by atoms with Crippen molar-refractivity contribution in [2.75, 3.05) is 25.4 Å². The molecule has 1 fully saturated rings. The molecule has 1 aromatic carbocycles. The minimum Gasteiger partial charge on any atom is -0.353 e. The summed E-state index contributed by atoms with van der Waals surface area (Å²) in [6, 6.07) is 9.21. The average molecular weight is 275 g/mol. The van der Waals surface area contributed by atoms with E-state index in [1.54, 1.807) is 12.1 Å². The van der Waals surface area contributed by atoms with Gasteiger partial charge in [-0.1, -0.05) is 12.1 Å². The summed E-state index contributed by atoms with van der Waals surface area (Å²) in [4.78, 5) is 26.0. The standard InChI is InChI=1S/C13H13N3O2S/c14-5-8-19-11-4-2-1-3-10(11)13(18)16-7-6-15-12(17)9-16/h1-4H,6-9H2,(H,15,17). The lowest BCUT2D eigenvalue weighted by Gasteiger charge is -2.27. The van der Waals surface area contributed by atoms with Gasteiger partial charge in [-0.15, -0.1) is 11.8 Å². The van der Waals surface area contributed by atoms with Crippen LogP contribution in [-0.2, 0) is 4.79 Å². The van der Waals surface area contributed by atoms with Crippen molar-refractivity contribution in [3.63, 3.8) is 0 Å². The molecule has 0 bridgehead atoms. The summed E-state index contributed by atoms with van der Waals surface area (Å²) in [7, 11) is 0. The molecule has 2 amide bonds. The number of thioether (sulfide) groups is 1. The van der Waals surface area contributed by atoms with Crippen LogP contribution >= 0.6 is 11.8 Å². The van der Waals surface area contributed by atoms with Crippen LogP contribution in [0.2, 0.25) is 0 Å². The van der Waals surface area contributed by atoms with Gasteiger partial charge in [0, 0.05) is 18.0 Å². The summed E-state index contributed by atoms with van der Waals surface area (Å²) in [6.45, 7) is 1.09. The van der Waals surface area contributed by atoms with E-state index in [-0.39, 0.29) is 18.4 Å². The molecule has 0 atom stereocenters. The van der Waals surface area contributed by atoms with E-state index in [2.05, 4.69) is 5.32 Å². The highest BCUT2D eigenvalue weighted by atomic mass is 32.2. The van der Waals surface area contributed by atoms with E-state index in [0.29, 0.717) is 24.4 Å². The van der Waals surface area contributed by atoms with Crippen molar-refractivity contribution in [1.29, 1.82) is 5.26 Å². The third-order valence-corrected chi connectivity index (χ3v) is 3.68. The summed E-state index contributed by atoms with van der Waals surface area (Å²) in [6.07, 6.45) is 0. The molecule has 0 aliphatic carbocycles. The highest BCUT2D eigenvalue weighted by Crippen LogP contribution is 2.23. The van der Waals surface area contributed by atoms with Crippen LogP contribution in [0.15, 0.2) is 29.2 Å². The van der Waals surface area contributed by atoms with Crippen LogP contribution in [0.25, 0.3) is 0 Å². The van der Waals surface area contributed by atoms with Gasteiger partial charge in [0.2, 0.25) is 5.91 Å². The van der Waals surface area contributed by atoms with E-state index in [1.165, 1.54) is 16.7 Å². The Morgan fingerprint density at radius 3 is 3.00 bits per heavy atom. The number of piperazine rings is 1. The van der Waals surface area contributed by atoms with Crippen LogP contribution in [0.3, 0.4) is 0 Å². The monoisotopic (exact) mass is 275 g/mol. The first-order valence-corrected chi connectivity index (χ1v) is 6.85. The van der Waals surface area contributed by atoms with Gasteiger partial charge < -0.3 is 10.2 Å². The summed E-state index contributed by atoms with van der Waals surface area (Å²) in [5, 5.41) is 11.3. The van der Waals surface area contributed by atoms with Crippen molar-refractivity contribution in [1.82, 2.24) is 10.2 Å². The SMILES string of the molecule is N#CCSc1ccccc1C(=O)N1CCNC(=O)C1. The van der Waals surface area contributed by atoms with Gasteiger partial charge in [0.15, 0.2) is 0 Å². The summed E-state index contributed by atoms with van der Waals surface area (Å²) >= 11 is 1.33. The van der Waals surface area contributed by atoms with E-state index in [4.69, 9.17) is 5.26 Å². The fourth-order valence-electron chi connectivity index (χ4n) is 1.86. The largest absolute Gasteiger partial charge is 0.353 e. The Morgan fingerprint density at radius 2 is 2.26 bits per heavy atom. The summed E-state index contributed by atoms with van der Waals surface area (Å²) in [5.74, 6) is 0.00256. The number of carbonyl (C=O) groups is 2. The Bertz CT molecular complexity index is 539. The molecule has 0 aromatic heterocycles. The normalized spacial score (nSPS) is 14.7. The number of nitriles is 1. The van der Waals surface area contributed by atoms with E-state index in [1.807, 2.05) is 18.2 Å². The number of nitrogens with one attached hydrogen (secondary N) is 1. The zero-order valence-electron chi connectivity index (χ0n) is 10.3. The Labute approximate surface area is 115 Å². The van der Waals surface area contributed by atoms with Gasteiger partial charge in [0.05, 0.1) is 23.9 Å². The van der Waals surface area contributed by atoms with Gasteiger partial charge in [-0.05, 0) is 12.1 Å². The predicted octanol–water partition coefficient (Wildman–Crippen LogP) is 0.874. The van der Waals surface area contributed by atoms with E-state index >= 15 is 0 Å². The first kappa shape index (κ1) is 13.4. The molecule has 1 N–H and O–H groups in total.